The Morgan fingerprint density at radius 3 is 2.39 bits per heavy atom. The van der Waals surface area contributed by atoms with Crippen molar-refractivity contribution in [3.8, 4) is 5.75 Å². The lowest BCUT2D eigenvalue weighted by atomic mass is 10.2. The fourth-order valence-electron chi connectivity index (χ4n) is 1.79. The number of hydrogen-bond donors (Lipinski definition) is 1. The van der Waals surface area contributed by atoms with Crippen molar-refractivity contribution in [3.63, 3.8) is 0 Å². The fraction of sp³-hybridized carbons (Fsp3) is 0.143. The minimum absolute atomic E-state index is 0.0693. The predicted molar refractivity (Wildman–Crippen MR) is 88.0 cm³/mol. The Bertz CT molecular complexity index is 822. The highest BCUT2D eigenvalue weighted by atomic mass is 127. The number of halogens is 4. The van der Waals surface area contributed by atoms with Crippen LogP contribution in [0.15, 0.2) is 47.4 Å². The van der Waals surface area contributed by atoms with E-state index >= 15 is 0 Å². The van der Waals surface area contributed by atoms with E-state index in [1.54, 1.807) is 0 Å². The average Bonchev–Trinajstić information content (AvgIpc) is 2.46. The van der Waals surface area contributed by atoms with Gasteiger partial charge in [0, 0.05) is 5.69 Å². The van der Waals surface area contributed by atoms with Gasteiger partial charge in [0.25, 0.3) is 10.0 Å². The standard InChI is InChI=1S/C14H11F3INO3S/c1-22-13-6-5-11(8-12(13)18)23(20,21)19-10-4-2-3-9(7-10)14(15,16)17/h2-8,19H,1H3. The zero-order valence-corrected chi connectivity index (χ0v) is 14.7. The summed E-state index contributed by atoms with van der Waals surface area (Å²) >= 11 is 1.91. The van der Waals surface area contributed by atoms with Gasteiger partial charge in [0.05, 0.1) is 21.1 Å². The van der Waals surface area contributed by atoms with Crippen molar-refractivity contribution in [2.75, 3.05) is 11.8 Å². The second-order valence-corrected chi connectivity index (χ2v) is 7.33. The predicted octanol–water partition coefficient (Wildman–Crippen LogP) is 4.12. The highest BCUT2D eigenvalue weighted by Crippen LogP contribution is 2.31. The summed E-state index contributed by atoms with van der Waals surface area (Å²) in [5.41, 5.74) is -1.09. The smallest absolute Gasteiger partial charge is 0.416 e. The first-order chi connectivity index (χ1) is 10.6. The molecule has 0 saturated heterocycles. The van der Waals surface area contributed by atoms with Crippen molar-refractivity contribution in [2.24, 2.45) is 0 Å². The monoisotopic (exact) mass is 457 g/mol. The maximum Gasteiger partial charge on any atom is 0.416 e. The van der Waals surface area contributed by atoms with Crippen molar-refractivity contribution in [1.82, 2.24) is 0 Å². The molecule has 23 heavy (non-hydrogen) atoms. The lowest BCUT2D eigenvalue weighted by molar-refractivity contribution is -0.137. The molecular formula is C14H11F3INO3S. The van der Waals surface area contributed by atoms with Crippen LogP contribution < -0.4 is 9.46 Å². The molecule has 0 amide bonds. The minimum atomic E-state index is -4.54. The first kappa shape index (κ1) is 17.9. The second kappa shape index (κ2) is 6.56. The number of rotatable bonds is 4. The van der Waals surface area contributed by atoms with Gasteiger partial charge in [-0.2, -0.15) is 13.2 Å². The normalized spacial score (nSPS) is 12.0. The van der Waals surface area contributed by atoms with Gasteiger partial charge >= 0.3 is 6.18 Å². The topological polar surface area (TPSA) is 55.4 Å². The van der Waals surface area contributed by atoms with Crippen LogP contribution in [0.2, 0.25) is 0 Å². The largest absolute Gasteiger partial charge is 0.496 e. The van der Waals surface area contributed by atoms with E-state index in [1.165, 1.54) is 31.4 Å². The summed E-state index contributed by atoms with van der Waals surface area (Å²) in [5.74, 6) is 0.503. The molecule has 0 atom stereocenters. The van der Waals surface area contributed by atoms with Crippen LogP contribution in [0.4, 0.5) is 18.9 Å². The summed E-state index contributed by atoms with van der Waals surface area (Å²) in [6.45, 7) is 0. The average molecular weight is 457 g/mol. The zero-order chi connectivity index (χ0) is 17.3. The van der Waals surface area contributed by atoms with Gasteiger partial charge < -0.3 is 4.74 Å². The Morgan fingerprint density at radius 2 is 1.83 bits per heavy atom. The van der Waals surface area contributed by atoms with Crippen LogP contribution in [0, 0.1) is 3.57 Å². The van der Waals surface area contributed by atoms with Crippen LogP contribution in [-0.2, 0) is 16.2 Å². The van der Waals surface area contributed by atoms with E-state index in [0.29, 0.717) is 9.32 Å². The maximum absolute atomic E-state index is 12.7. The van der Waals surface area contributed by atoms with E-state index in [1.807, 2.05) is 22.6 Å². The van der Waals surface area contributed by atoms with Crippen molar-refractivity contribution in [3.05, 3.63) is 51.6 Å². The molecule has 0 radical (unpaired) electrons. The van der Waals surface area contributed by atoms with Crippen LogP contribution in [0.3, 0.4) is 0 Å². The zero-order valence-electron chi connectivity index (χ0n) is 11.7. The van der Waals surface area contributed by atoms with Crippen LogP contribution in [0.25, 0.3) is 0 Å². The molecule has 0 aliphatic heterocycles. The summed E-state index contributed by atoms with van der Waals surface area (Å²) in [4.78, 5) is -0.0693. The Hall–Kier alpha value is -1.49. The fourth-order valence-corrected chi connectivity index (χ4v) is 3.81. The molecule has 0 fully saturated rings. The number of sulfonamides is 1. The molecule has 2 aromatic carbocycles. The van der Waals surface area contributed by atoms with Gasteiger partial charge in [0.2, 0.25) is 0 Å². The van der Waals surface area contributed by atoms with Gasteiger partial charge in [0.1, 0.15) is 5.75 Å². The summed E-state index contributed by atoms with van der Waals surface area (Å²) in [7, 11) is -2.55. The number of hydrogen-bond acceptors (Lipinski definition) is 3. The summed E-state index contributed by atoms with van der Waals surface area (Å²) in [6, 6.07) is 8.16. The Kier molecular flexibility index (Phi) is 5.09. The highest BCUT2D eigenvalue weighted by molar-refractivity contribution is 14.1. The van der Waals surface area contributed by atoms with Crippen molar-refractivity contribution in [2.45, 2.75) is 11.1 Å². The molecule has 2 rings (SSSR count). The first-order valence-electron chi connectivity index (χ1n) is 6.17. The molecule has 0 saturated carbocycles. The third-order valence-electron chi connectivity index (χ3n) is 2.88. The molecule has 1 N–H and O–H groups in total. The van der Waals surface area contributed by atoms with Crippen LogP contribution in [0.5, 0.6) is 5.75 Å². The van der Waals surface area contributed by atoms with Crippen LogP contribution in [0.1, 0.15) is 5.56 Å². The lowest BCUT2D eigenvalue weighted by Gasteiger charge is -2.12. The molecule has 2 aromatic rings. The number of alkyl halides is 3. The maximum atomic E-state index is 12.7. The van der Waals surface area contributed by atoms with E-state index in [0.717, 1.165) is 18.2 Å². The third kappa shape index (κ3) is 4.28. The molecular weight excluding hydrogens is 446 g/mol. The Morgan fingerprint density at radius 1 is 1.13 bits per heavy atom. The lowest BCUT2D eigenvalue weighted by Crippen LogP contribution is -2.14. The van der Waals surface area contributed by atoms with Gasteiger partial charge in [-0.25, -0.2) is 8.42 Å². The third-order valence-corrected chi connectivity index (χ3v) is 5.10. The molecule has 0 bridgehead atoms. The van der Waals surface area contributed by atoms with Crippen molar-refractivity contribution < 1.29 is 26.3 Å². The SMILES string of the molecule is COc1ccc(S(=O)(=O)Nc2cccc(C(F)(F)F)c2)cc1I. The van der Waals surface area contributed by atoms with E-state index in [9.17, 15) is 21.6 Å². The highest BCUT2D eigenvalue weighted by Gasteiger charge is 2.30. The summed E-state index contributed by atoms with van der Waals surface area (Å²) in [6.07, 6.45) is -4.54. The number of anilines is 1. The summed E-state index contributed by atoms with van der Waals surface area (Å²) < 4.78 is 70.3. The molecule has 0 spiro atoms. The molecule has 9 heteroatoms. The number of benzene rings is 2. The van der Waals surface area contributed by atoms with Crippen LogP contribution >= 0.6 is 22.6 Å². The van der Waals surface area contributed by atoms with E-state index in [-0.39, 0.29) is 10.6 Å². The van der Waals surface area contributed by atoms with Gasteiger partial charge in [-0.05, 0) is 59.0 Å². The van der Waals surface area contributed by atoms with Gasteiger partial charge in [-0.15, -0.1) is 0 Å². The molecule has 4 nitrogen and oxygen atoms in total. The van der Waals surface area contributed by atoms with Crippen molar-refractivity contribution in [1.29, 1.82) is 0 Å². The number of ether oxygens (including phenoxy) is 1. The molecule has 0 unspecified atom stereocenters. The Labute approximate surface area is 144 Å². The quantitative estimate of drug-likeness (QED) is 0.704. The van der Waals surface area contributed by atoms with Crippen molar-refractivity contribution >= 4 is 38.3 Å². The molecule has 0 aromatic heterocycles. The van der Waals surface area contributed by atoms with Crippen LogP contribution in [-0.4, -0.2) is 15.5 Å². The molecule has 0 heterocycles. The molecule has 124 valence electrons. The Balaban J connectivity index is 2.33. The van der Waals surface area contributed by atoms with E-state index < -0.39 is 21.8 Å². The van der Waals surface area contributed by atoms with E-state index in [4.69, 9.17) is 4.74 Å². The first-order valence-corrected chi connectivity index (χ1v) is 8.73. The van der Waals surface area contributed by atoms with Gasteiger partial charge in [-0.3, -0.25) is 4.72 Å². The summed E-state index contributed by atoms with van der Waals surface area (Å²) in [5, 5.41) is 0. The minimum Gasteiger partial charge on any atom is -0.496 e. The number of methoxy groups -OCH3 is 1. The number of nitrogens with one attached hydrogen (secondary N) is 1. The second-order valence-electron chi connectivity index (χ2n) is 4.48. The van der Waals surface area contributed by atoms with E-state index in [2.05, 4.69) is 4.72 Å². The molecule has 0 aliphatic rings. The molecule has 0 aliphatic carbocycles. The van der Waals surface area contributed by atoms with Gasteiger partial charge in [0.15, 0.2) is 0 Å². The van der Waals surface area contributed by atoms with Gasteiger partial charge in [-0.1, -0.05) is 6.07 Å².